The van der Waals surface area contributed by atoms with E-state index in [1.807, 2.05) is 31.2 Å². The number of nitrogens with zero attached hydrogens (tertiary/aromatic N) is 1. The lowest BCUT2D eigenvalue weighted by Crippen LogP contribution is -2.51. The van der Waals surface area contributed by atoms with Crippen LogP contribution in [0.1, 0.15) is 39.6 Å². The van der Waals surface area contributed by atoms with Gasteiger partial charge < -0.3 is 20.1 Å². The highest BCUT2D eigenvalue weighted by atomic mass is 16.5. The summed E-state index contributed by atoms with van der Waals surface area (Å²) in [6.45, 7) is 5.15. The van der Waals surface area contributed by atoms with Crippen LogP contribution in [-0.4, -0.2) is 55.7 Å². The third-order valence-electron chi connectivity index (χ3n) is 5.73. The van der Waals surface area contributed by atoms with Crippen molar-refractivity contribution in [3.05, 3.63) is 65.2 Å². The van der Waals surface area contributed by atoms with Gasteiger partial charge in [0.2, 0.25) is 0 Å². The summed E-state index contributed by atoms with van der Waals surface area (Å²) in [5.74, 6) is -0.915. The van der Waals surface area contributed by atoms with E-state index in [1.165, 1.54) is 0 Å². The van der Waals surface area contributed by atoms with Crippen LogP contribution >= 0.6 is 0 Å². The predicted octanol–water partition coefficient (Wildman–Crippen LogP) is 3.02. The van der Waals surface area contributed by atoms with Gasteiger partial charge in [-0.3, -0.25) is 4.79 Å². The molecule has 2 aromatic rings. The molecular weight excluding hydrogens is 368 g/mol. The molecule has 1 heterocycles. The summed E-state index contributed by atoms with van der Waals surface area (Å²) in [6, 6.07) is 14.5. The average Bonchev–Trinajstić information content (AvgIpc) is 2.78. The second kappa shape index (κ2) is 9.20. The van der Waals surface area contributed by atoms with Crippen LogP contribution in [0.15, 0.2) is 48.5 Å². The molecule has 1 unspecified atom stereocenters. The molecule has 0 spiro atoms. The molecule has 0 aliphatic carbocycles. The Hall–Kier alpha value is -2.70. The van der Waals surface area contributed by atoms with E-state index in [1.54, 1.807) is 31.3 Å². The summed E-state index contributed by atoms with van der Waals surface area (Å²) in [5.41, 5.74) is 2.18. The Morgan fingerprint density at radius 2 is 1.62 bits per heavy atom. The molecule has 2 N–H and O–H groups in total. The van der Waals surface area contributed by atoms with Gasteiger partial charge in [-0.25, -0.2) is 4.79 Å². The van der Waals surface area contributed by atoms with Crippen LogP contribution in [0.25, 0.3) is 0 Å². The summed E-state index contributed by atoms with van der Waals surface area (Å²) in [7, 11) is 1.80. The number of carbonyl (C=O) groups is 2. The van der Waals surface area contributed by atoms with E-state index in [0.29, 0.717) is 18.4 Å². The van der Waals surface area contributed by atoms with Gasteiger partial charge in [0.15, 0.2) is 5.78 Å². The van der Waals surface area contributed by atoms with Crippen molar-refractivity contribution in [2.75, 3.05) is 38.3 Å². The molecule has 6 heteroatoms. The van der Waals surface area contributed by atoms with Crippen molar-refractivity contribution < 1.29 is 19.4 Å². The molecule has 2 aromatic carbocycles. The van der Waals surface area contributed by atoms with Crippen molar-refractivity contribution in [1.29, 1.82) is 0 Å². The molecular formula is C23H28N2O4. The van der Waals surface area contributed by atoms with Crippen molar-refractivity contribution in [3.63, 3.8) is 0 Å². The minimum absolute atomic E-state index is 0.0401. The fraction of sp³-hybridized carbons (Fsp3) is 0.391. The molecule has 1 saturated heterocycles. The number of ether oxygens (including phenoxy) is 1. The maximum atomic E-state index is 13.4. The molecule has 1 aliphatic rings. The third-order valence-corrected chi connectivity index (χ3v) is 5.73. The molecule has 29 heavy (non-hydrogen) atoms. The number of hydrogen-bond acceptors (Lipinski definition) is 5. The van der Waals surface area contributed by atoms with Crippen molar-refractivity contribution >= 4 is 17.4 Å². The predicted molar refractivity (Wildman–Crippen MR) is 113 cm³/mol. The van der Waals surface area contributed by atoms with Gasteiger partial charge >= 0.3 is 5.97 Å². The van der Waals surface area contributed by atoms with E-state index in [2.05, 4.69) is 10.2 Å². The third kappa shape index (κ3) is 4.66. The van der Waals surface area contributed by atoms with E-state index in [-0.39, 0.29) is 11.3 Å². The molecule has 0 amide bonds. The van der Waals surface area contributed by atoms with Crippen LogP contribution in [-0.2, 0) is 11.2 Å². The number of carbonyl (C=O) groups excluding carboxylic acids is 1. The minimum atomic E-state index is -0.955. The molecule has 6 nitrogen and oxygen atoms in total. The first-order valence-corrected chi connectivity index (χ1v) is 9.98. The van der Waals surface area contributed by atoms with Gasteiger partial charge in [0, 0.05) is 24.3 Å². The molecule has 0 radical (unpaired) electrons. The van der Waals surface area contributed by atoms with Crippen molar-refractivity contribution in [1.82, 2.24) is 5.32 Å². The second-order valence-electron chi connectivity index (χ2n) is 7.34. The Kier molecular flexibility index (Phi) is 6.67. The van der Waals surface area contributed by atoms with Crippen molar-refractivity contribution in [2.45, 2.75) is 25.3 Å². The minimum Gasteiger partial charge on any atom is -0.478 e. The molecule has 1 aliphatic heterocycles. The Bertz CT molecular complexity index is 836. The smallest absolute Gasteiger partial charge is 0.335 e. The number of hydrogen-bond donors (Lipinski definition) is 2. The lowest BCUT2D eigenvalue weighted by Gasteiger charge is -2.32. The van der Waals surface area contributed by atoms with Gasteiger partial charge in [0.05, 0.1) is 24.3 Å². The maximum Gasteiger partial charge on any atom is 0.335 e. The van der Waals surface area contributed by atoms with E-state index in [4.69, 9.17) is 9.84 Å². The fourth-order valence-electron chi connectivity index (χ4n) is 3.78. The Morgan fingerprint density at radius 1 is 1.03 bits per heavy atom. The van der Waals surface area contributed by atoms with Gasteiger partial charge in [-0.2, -0.15) is 0 Å². The molecule has 0 bridgehead atoms. The van der Waals surface area contributed by atoms with Gasteiger partial charge in [-0.05, 0) is 61.9 Å². The number of likely N-dealkylation sites (N-methyl/N-ethyl adjacent to an activating group) is 1. The first-order valence-electron chi connectivity index (χ1n) is 9.98. The zero-order valence-corrected chi connectivity index (χ0v) is 17.0. The largest absolute Gasteiger partial charge is 0.478 e. The maximum absolute atomic E-state index is 13.4. The Labute approximate surface area is 171 Å². The molecule has 154 valence electrons. The molecule has 1 fully saturated rings. The SMILES string of the molecule is CCC(Cc1ccc(C(=O)O)cc1)(NC)C(=O)c1ccc(N2CCOCC2)cc1. The number of nitrogens with one attached hydrogen (secondary N) is 1. The summed E-state index contributed by atoms with van der Waals surface area (Å²) in [4.78, 5) is 26.7. The Morgan fingerprint density at radius 3 is 2.14 bits per heavy atom. The van der Waals surface area contributed by atoms with Gasteiger partial charge in [-0.15, -0.1) is 0 Å². The Balaban J connectivity index is 1.79. The molecule has 0 aromatic heterocycles. The van der Waals surface area contributed by atoms with E-state index >= 15 is 0 Å². The quantitative estimate of drug-likeness (QED) is 0.668. The first-order chi connectivity index (χ1) is 14.0. The summed E-state index contributed by atoms with van der Waals surface area (Å²) in [6.07, 6.45) is 1.11. The van der Waals surface area contributed by atoms with Gasteiger partial charge in [0.1, 0.15) is 0 Å². The fourth-order valence-corrected chi connectivity index (χ4v) is 3.78. The normalized spacial score (nSPS) is 16.3. The zero-order valence-electron chi connectivity index (χ0n) is 17.0. The number of carboxylic acid groups (broad SMARTS) is 1. The van der Waals surface area contributed by atoms with Crippen LogP contribution in [0, 0.1) is 0 Å². The van der Waals surface area contributed by atoms with Gasteiger partial charge in [0.25, 0.3) is 0 Å². The van der Waals surface area contributed by atoms with Crippen LogP contribution in [0.2, 0.25) is 0 Å². The topological polar surface area (TPSA) is 78.9 Å². The molecule has 0 saturated carbocycles. The highest BCUT2D eigenvalue weighted by Crippen LogP contribution is 2.25. The number of morpholine rings is 1. The monoisotopic (exact) mass is 396 g/mol. The van der Waals surface area contributed by atoms with Crippen LogP contribution in [0.3, 0.4) is 0 Å². The summed E-state index contributed by atoms with van der Waals surface area (Å²) >= 11 is 0. The number of anilines is 1. The lowest BCUT2D eigenvalue weighted by molar-refractivity contribution is 0.0696. The second-order valence-corrected chi connectivity index (χ2v) is 7.34. The highest BCUT2D eigenvalue weighted by molar-refractivity contribution is 6.03. The van der Waals surface area contributed by atoms with Crippen LogP contribution in [0.5, 0.6) is 0 Å². The standard InChI is InChI=1S/C23H28N2O4/c1-3-23(24-2,16-17-4-6-19(7-5-17)22(27)28)21(26)18-8-10-20(11-9-18)25-12-14-29-15-13-25/h4-11,24H,3,12-16H2,1-2H3,(H,27,28). The summed E-state index contributed by atoms with van der Waals surface area (Å²) in [5, 5.41) is 12.3. The number of aromatic carboxylic acids is 1. The van der Waals surface area contributed by atoms with Crippen LogP contribution < -0.4 is 10.2 Å². The molecule has 3 rings (SSSR count). The zero-order chi connectivity index (χ0) is 20.9. The molecule has 1 atom stereocenters. The number of ketones is 1. The lowest BCUT2D eigenvalue weighted by atomic mass is 9.81. The van der Waals surface area contributed by atoms with Crippen molar-refractivity contribution in [3.8, 4) is 0 Å². The highest BCUT2D eigenvalue weighted by Gasteiger charge is 2.35. The average molecular weight is 396 g/mol. The number of carboxylic acids is 1. The van der Waals surface area contributed by atoms with Gasteiger partial charge in [-0.1, -0.05) is 19.1 Å². The van der Waals surface area contributed by atoms with E-state index in [0.717, 1.165) is 37.6 Å². The number of benzene rings is 2. The van der Waals surface area contributed by atoms with E-state index < -0.39 is 11.5 Å². The van der Waals surface area contributed by atoms with E-state index in [9.17, 15) is 9.59 Å². The number of rotatable bonds is 8. The number of Topliss-reactive ketones (excluding diaryl/α,β-unsaturated/α-hetero) is 1. The van der Waals surface area contributed by atoms with Crippen LogP contribution in [0.4, 0.5) is 5.69 Å². The first kappa shape index (κ1) is 21.0. The summed E-state index contributed by atoms with van der Waals surface area (Å²) < 4.78 is 5.40. The van der Waals surface area contributed by atoms with Crippen molar-refractivity contribution in [2.24, 2.45) is 0 Å².